The minimum absolute atomic E-state index is 0.0804. The molecule has 2 aromatic rings. The summed E-state index contributed by atoms with van der Waals surface area (Å²) >= 11 is 13.1. The molecule has 0 spiro atoms. The van der Waals surface area contributed by atoms with Gasteiger partial charge in [0.2, 0.25) is 5.28 Å². The Morgan fingerprint density at radius 1 is 1.00 bits per heavy atom. The fraction of sp³-hybridized carbons (Fsp3) is 0.545. The minimum Gasteiger partial charge on any atom is -0.302 e. The second kappa shape index (κ2) is 4.82. The molecule has 9 heteroatoms. The standard InChI is InChI=1S/C11H10Cl2N6S/c12-7-9(14-10(13)17-15-7)20-11-18-16-8(5-1-2-5)19(11)6-3-4-6/h5-6H,1-4H2. The molecule has 0 atom stereocenters. The lowest BCUT2D eigenvalue weighted by molar-refractivity contribution is 0.626. The summed E-state index contributed by atoms with van der Waals surface area (Å²) in [5.41, 5.74) is 0. The highest BCUT2D eigenvalue weighted by Gasteiger charge is 2.36. The van der Waals surface area contributed by atoms with Crippen LogP contribution in [0.3, 0.4) is 0 Å². The van der Waals surface area contributed by atoms with Crippen LogP contribution in [0.1, 0.15) is 43.5 Å². The molecular formula is C11H10Cl2N6S. The quantitative estimate of drug-likeness (QED) is 0.858. The van der Waals surface area contributed by atoms with Crippen molar-refractivity contribution in [2.24, 2.45) is 0 Å². The molecule has 4 rings (SSSR count). The van der Waals surface area contributed by atoms with Gasteiger partial charge in [-0.3, -0.25) is 0 Å². The number of hydrogen-bond donors (Lipinski definition) is 0. The van der Waals surface area contributed by atoms with Crippen LogP contribution in [0.15, 0.2) is 10.2 Å². The summed E-state index contributed by atoms with van der Waals surface area (Å²) in [6.07, 6.45) is 4.78. The highest BCUT2D eigenvalue weighted by molar-refractivity contribution is 7.99. The SMILES string of the molecule is Clc1nnc(Cl)c(Sc2nnc(C3CC3)n2C2CC2)n1. The zero-order valence-electron chi connectivity index (χ0n) is 10.3. The first-order chi connectivity index (χ1) is 9.72. The number of aromatic nitrogens is 6. The molecule has 0 amide bonds. The van der Waals surface area contributed by atoms with Crippen LogP contribution in [-0.2, 0) is 0 Å². The molecule has 0 N–H and O–H groups in total. The summed E-state index contributed by atoms with van der Waals surface area (Å²) < 4.78 is 2.23. The first-order valence-corrected chi connectivity index (χ1v) is 7.98. The van der Waals surface area contributed by atoms with Crippen LogP contribution in [-0.4, -0.2) is 29.9 Å². The van der Waals surface area contributed by atoms with Gasteiger partial charge in [-0.05, 0) is 49.0 Å². The van der Waals surface area contributed by atoms with E-state index in [1.807, 2.05) is 0 Å². The molecule has 0 saturated heterocycles. The van der Waals surface area contributed by atoms with Crippen molar-refractivity contribution in [2.45, 2.75) is 47.8 Å². The van der Waals surface area contributed by atoms with Gasteiger partial charge in [0.1, 0.15) is 10.9 Å². The van der Waals surface area contributed by atoms with E-state index < -0.39 is 0 Å². The Balaban J connectivity index is 1.70. The number of nitrogens with zero attached hydrogens (tertiary/aromatic N) is 6. The van der Waals surface area contributed by atoms with Gasteiger partial charge in [-0.1, -0.05) is 11.6 Å². The molecule has 2 aliphatic carbocycles. The molecule has 2 aromatic heterocycles. The van der Waals surface area contributed by atoms with Crippen molar-refractivity contribution in [1.82, 2.24) is 29.9 Å². The van der Waals surface area contributed by atoms with Crippen LogP contribution in [0.2, 0.25) is 10.4 Å². The summed E-state index contributed by atoms with van der Waals surface area (Å²) in [5.74, 6) is 1.67. The van der Waals surface area contributed by atoms with E-state index in [4.69, 9.17) is 23.2 Å². The predicted molar refractivity (Wildman–Crippen MR) is 74.2 cm³/mol. The molecule has 0 aromatic carbocycles. The van der Waals surface area contributed by atoms with E-state index in [0.29, 0.717) is 17.0 Å². The molecule has 2 heterocycles. The molecule has 0 aliphatic heterocycles. The van der Waals surface area contributed by atoms with E-state index in [0.717, 1.165) is 11.0 Å². The second-order valence-electron chi connectivity index (χ2n) is 5.00. The first-order valence-electron chi connectivity index (χ1n) is 6.40. The van der Waals surface area contributed by atoms with Crippen molar-refractivity contribution in [3.05, 3.63) is 16.3 Å². The first kappa shape index (κ1) is 12.8. The maximum absolute atomic E-state index is 6.00. The van der Waals surface area contributed by atoms with E-state index >= 15 is 0 Å². The van der Waals surface area contributed by atoms with Crippen LogP contribution in [0.4, 0.5) is 0 Å². The third-order valence-electron chi connectivity index (χ3n) is 3.32. The fourth-order valence-corrected chi connectivity index (χ4v) is 3.31. The zero-order valence-corrected chi connectivity index (χ0v) is 12.7. The van der Waals surface area contributed by atoms with Gasteiger partial charge in [0.15, 0.2) is 10.3 Å². The largest absolute Gasteiger partial charge is 0.302 e. The van der Waals surface area contributed by atoms with Gasteiger partial charge in [-0.15, -0.1) is 20.4 Å². The number of hydrogen-bond acceptors (Lipinski definition) is 6. The summed E-state index contributed by atoms with van der Waals surface area (Å²) in [5, 5.41) is 17.6. The van der Waals surface area contributed by atoms with E-state index in [2.05, 4.69) is 29.9 Å². The normalized spacial score (nSPS) is 18.5. The molecule has 2 fully saturated rings. The van der Waals surface area contributed by atoms with Crippen molar-refractivity contribution >= 4 is 35.0 Å². The topological polar surface area (TPSA) is 69.4 Å². The van der Waals surface area contributed by atoms with E-state index in [9.17, 15) is 0 Å². The van der Waals surface area contributed by atoms with E-state index in [1.54, 1.807) is 0 Å². The Bertz CT molecular complexity index is 667. The lowest BCUT2D eigenvalue weighted by Crippen LogP contribution is -2.02. The van der Waals surface area contributed by atoms with Crippen molar-refractivity contribution in [2.75, 3.05) is 0 Å². The van der Waals surface area contributed by atoms with Crippen LogP contribution in [0.25, 0.3) is 0 Å². The van der Waals surface area contributed by atoms with Crippen molar-refractivity contribution < 1.29 is 0 Å². The van der Waals surface area contributed by atoms with Gasteiger partial charge in [0, 0.05) is 12.0 Å². The van der Waals surface area contributed by atoms with Gasteiger partial charge in [-0.2, -0.15) is 0 Å². The predicted octanol–water partition coefficient (Wildman–Crippen LogP) is 3.13. The van der Waals surface area contributed by atoms with Crippen LogP contribution in [0.5, 0.6) is 0 Å². The minimum atomic E-state index is 0.0804. The average Bonchev–Trinajstić information content (AvgIpc) is 3.33. The molecule has 20 heavy (non-hydrogen) atoms. The van der Waals surface area contributed by atoms with Crippen LogP contribution >= 0.6 is 35.0 Å². The molecular weight excluding hydrogens is 319 g/mol. The summed E-state index contributed by atoms with van der Waals surface area (Å²) in [7, 11) is 0. The van der Waals surface area contributed by atoms with Crippen molar-refractivity contribution in [3.63, 3.8) is 0 Å². The number of rotatable bonds is 4. The van der Waals surface area contributed by atoms with Gasteiger partial charge in [0.05, 0.1) is 0 Å². The Labute approximate surface area is 129 Å². The van der Waals surface area contributed by atoms with Gasteiger partial charge >= 0.3 is 0 Å². The monoisotopic (exact) mass is 328 g/mol. The highest BCUT2D eigenvalue weighted by atomic mass is 35.5. The van der Waals surface area contributed by atoms with Crippen molar-refractivity contribution in [1.29, 1.82) is 0 Å². The Hall–Kier alpha value is -0.920. The molecule has 6 nitrogen and oxygen atoms in total. The van der Waals surface area contributed by atoms with Gasteiger partial charge in [-0.25, -0.2) is 4.98 Å². The van der Waals surface area contributed by atoms with Crippen molar-refractivity contribution in [3.8, 4) is 0 Å². The van der Waals surface area contributed by atoms with Crippen LogP contribution < -0.4 is 0 Å². The Morgan fingerprint density at radius 3 is 2.50 bits per heavy atom. The molecule has 0 bridgehead atoms. The lowest BCUT2D eigenvalue weighted by atomic mass is 10.4. The average molecular weight is 329 g/mol. The Kier molecular flexibility index (Phi) is 3.08. The third-order valence-corrected chi connectivity index (χ3v) is 4.79. The maximum atomic E-state index is 6.00. The molecule has 0 unspecified atom stereocenters. The maximum Gasteiger partial charge on any atom is 0.244 e. The summed E-state index contributed by atoms with van der Waals surface area (Å²) in [6, 6.07) is 0.521. The molecule has 2 aliphatic rings. The molecule has 2 saturated carbocycles. The number of halogens is 2. The molecule has 0 radical (unpaired) electrons. The van der Waals surface area contributed by atoms with E-state index in [-0.39, 0.29) is 10.4 Å². The lowest BCUT2D eigenvalue weighted by Gasteiger charge is -2.07. The van der Waals surface area contributed by atoms with E-state index in [1.165, 1.54) is 37.4 Å². The van der Waals surface area contributed by atoms with Gasteiger partial charge in [0.25, 0.3) is 0 Å². The third kappa shape index (κ3) is 2.38. The highest BCUT2D eigenvalue weighted by Crippen LogP contribution is 2.46. The smallest absolute Gasteiger partial charge is 0.244 e. The van der Waals surface area contributed by atoms with Gasteiger partial charge < -0.3 is 4.57 Å². The van der Waals surface area contributed by atoms with Crippen LogP contribution in [0, 0.1) is 0 Å². The summed E-state index contributed by atoms with van der Waals surface area (Å²) in [6.45, 7) is 0. The zero-order chi connectivity index (χ0) is 13.7. The molecule has 104 valence electrons. The second-order valence-corrected chi connectivity index (χ2v) is 6.65. The Morgan fingerprint density at radius 2 is 1.80 bits per heavy atom. The summed E-state index contributed by atoms with van der Waals surface area (Å²) in [4.78, 5) is 4.10. The fourth-order valence-electron chi connectivity index (χ4n) is 2.09.